The quantitative estimate of drug-likeness (QED) is 0.776. The van der Waals surface area contributed by atoms with Crippen LogP contribution in [-0.4, -0.2) is 11.1 Å². The number of halogens is 3. The molecular weight excluding hydrogens is 319 g/mol. The number of benzene rings is 1. The third-order valence-electron chi connectivity index (χ3n) is 1.53. The van der Waals surface area contributed by atoms with Crippen LogP contribution in [0.1, 0.15) is 5.56 Å². The van der Waals surface area contributed by atoms with Gasteiger partial charge in [0.15, 0.2) is 0 Å². The molecule has 0 amide bonds. The number of carbonyl (C=O) groups is 1. The fourth-order valence-corrected chi connectivity index (χ4v) is 1.57. The minimum absolute atomic E-state index is 0.151. The highest BCUT2D eigenvalue weighted by molar-refractivity contribution is 9.10. The van der Waals surface area contributed by atoms with Crippen molar-refractivity contribution >= 4 is 49.2 Å². The number of hydrogen-bond acceptors (Lipinski definition) is 1. The standard InChI is InChI=1S/C9H7Br2ClO/c10-5-7(13)3-6-1-2-8(11)9(12)4-6/h1-2,4H,3,5H2. The van der Waals surface area contributed by atoms with Crippen molar-refractivity contribution in [1.82, 2.24) is 0 Å². The van der Waals surface area contributed by atoms with E-state index in [1.807, 2.05) is 12.1 Å². The van der Waals surface area contributed by atoms with Gasteiger partial charge in [-0.25, -0.2) is 0 Å². The van der Waals surface area contributed by atoms with Gasteiger partial charge in [0.05, 0.1) is 10.4 Å². The van der Waals surface area contributed by atoms with Gasteiger partial charge in [0.2, 0.25) is 0 Å². The fraction of sp³-hybridized carbons (Fsp3) is 0.222. The monoisotopic (exact) mass is 324 g/mol. The Morgan fingerprint density at radius 1 is 1.46 bits per heavy atom. The Bertz CT molecular complexity index is 325. The average molecular weight is 326 g/mol. The van der Waals surface area contributed by atoms with Crippen molar-refractivity contribution in [2.24, 2.45) is 0 Å². The van der Waals surface area contributed by atoms with Crippen LogP contribution in [0.5, 0.6) is 0 Å². The Balaban J connectivity index is 2.79. The van der Waals surface area contributed by atoms with Crippen LogP contribution in [0.2, 0.25) is 5.02 Å². The van der Waals surface area contributed by atoms with E-state index in [1.54, 1.807) is 6.07 Å². The van der Waals surface area contributed by atoms with E-state index >= 15 is 0 Å². The van der Waals surface area contributed by atoms with E-state index in [9.17, 15) is 4.79 Å². The molecule has 0 saturated heterocycles. The van der Waals surface area contributed by atoms with Crippen molar-refractivity contribution in [1.29, 1.82) is 0 Å². The van der Waals surface area contributed by atoms with Crippen LogP contribution < -0.4 is 0 Å². The lowest BCUT2D eigenvalue weighted by molar-refractivity contribution is -0.115. The minimum Gasteiger partial charge on any atom is -0.298 e. The van der Waals surface area contributed by atoms with E-state index in [0.29, 0.717) is 16.8 Å². The van der Waals surface area contributed by atoms with Crippen molar-refractivity contribution in [3.63, 3.8) is 0 Å². The van der Waals surface area contributed by atoms with Crippen molar-refractivity contribution < 1.29 is 4.79 Å². The highest BCUT2D eigenvalue weighted by Crippen LogP contribution is 2.23. The summed E-state index contributed by atoms with van der Waals surface area (Å²) in [6.45, 7) is 0. The second-order valence-corrected chi connectivity index (χ2v) is 4.42. The Kier molecular flexibility index (Phi) is 4.42. The summed E-state index contributed by atoms with van der Waals surface area (Å²) in [7, 11) is 0. The van der Waals surface area contributed by atoms with Gasteiger partial charge in [-0.2, -0.15) is 0 Å². The van der Waals surface area contributed by atoms with Crippen LogP contribution in [0.15, 0.2) is 22.7 Å². The highest BCUT2D eigenvalue weighted by Gasteiger charge is 2.03. The average Bonchev–Trinajstić information content (AvgIpc) is 2.11. The lowest BCUT2D eigenvalue weighted by atomic mass is 10.1. The molecule has 0 N–H and O–H groups in total. The molecule has 0 heterocycles. The van der Waals surface area contributed by atoms with Gasteiger partial charge < -0.3 is 0 Å². The van der Waals surface area contributed by atoms with Gasteiger partial charge in [-0.1, -0.05) is 33.6 Å². The van der Waals surface area contributed by atoms with Gasteiger partial charge in [-0.15, -0.1) is 0 Å². The SMILES string of the molecule is O=C(CBr)Cc1ccc(Br)c(Cl)c1. The molecule has 0 atom stereocenters. The van der Waals surface area contributed by atoms with Crippen LogP contribution in [0.3, 0.4) is 0 Å². The minimum atomic E-state index is 0.151. The first kappa shape index (κ1) is 11.2. The summed E-state index contributed by atoms with van der Waals surface area (Å²) in [6, 6.07) is 5.53. The largest absolute Gasteiger partial charge is 0.298 e. The number of ketones is 1. The van der Waals surface area contributed by atoms with Gasteiger partial charge in [0.25, 0.3) is 0 Å². The van der Waals surface area contributed by atoms with Crippen LogP contribution in [0.4, 0.5) is 0 Å². The predicted octanol–water partition coefficient (Wildman–Crippen LogP) is 3.61. The molecule has 0 bridgehead atoms. The van der Waals surface area contributed by atoms with E-state index in [1.165, 1.54) is 0 Å². The first-order valence-corrected chi connectivity index (χ1v) is 5.94. The second kappa shape index (κ2) is 5.13. The number of alkyl halides is 1. The third-order valence-corrected chi connectivity index (χ3v) is 3.39. The molecule has 0 fully saturated rings. The van der Waals surface area contributed by atoms with Gasteiger partial charge in [-0.3, -0.25) is 4.79 Å². The summed E-state index contributed by atoms with van der Waals surface area (Å²) in [5, 5.41) is 1.03. The van der Waals surface area contributed by atoms with E-state index in [4.69, 9.17) is 11.6 Å². The van der Waals surface area contributed by atoms with E-state index in [0.717, 1.165) is 10.0 Å². The van der Waals surface area contributed by atoms with E-state index < -0.39 is 0 Å². The molecule has 0 aliphatic rings. The molecule has 0 spiro atoms. The zero-order valence-electron chi connectivity index (χ0n) is 6.69. The topological polar surface area (TPSA) is 17.1 Å². The normalized spacial score (nSPS) is 10.1. The first-order chi connectivity index (χ1) is 6.13. The number of rotatable bonds is 3. The molecule has 0 unspecified atom stereocenters. The van der Waals surface area contributed by atoms with E-state index in [-0.39, 0.29) is 5.78 Å². The smallest absolute Gasteiger partial charge is 0.147 e. The molecule has 0 aromatic heterocycles. The Morgan fingerprint density at radius 2 is 2.15 bits per heavy atom. The molecule has 13 heavy (non-hydrogen) atoms. The molecule has 0 aliphatic carbocycles. The third kappa shape index (κ3) is 3.41. The summed E-state index contributed by atoms with van der Waals surface area (Å²) in [5.74, 6) is 0.151. The molecule has 4 heteroatoms. The Labute approximate surface area is 98.7 Å². The van der Waals surface area contributed by atoms with Crippen molar-refractivity contribution in [3.05, 3.63) is 33.3 Å². The van der Waals surface area contributed by atoms with Gasteiger partial charge in [0.1, 0.15) is 5.78 Å². The molecular formula is C9H7Br2ClO. The molecule has 0 saturated carbocycles. The molecule has 70 valence electrons. The summed E-state index contributed by atoms with van der Waals surface area (Å²) < 4.78 is 0.851. The van der Waals surface area contributed by atoms with Crippen molar-refractivity contribution in [3.8, 4) is 0 Å². The predicted molar refractivity (Wildman–Crippen MR) is 61.7 cm³/mol. The number of carbonyl (C=O) groups excluding carboxylic acids is 1. The fourth-order valence-electron chi connectivity index (χ4n) is 0.925. The Morgan fingerprint density at radius 3 is 2.69 bits per heavy atom. The van der Waals surface area contributed by atoms with Gasteiger partial charge in [0, 0.05) is 10.9 Å². The van der Waals surface area contributed by atoms with E-state index in [2.05, 4.69) is 31.9 Å². The van der Waals surface area contributed by atoms with Crippen LogP contribution >= 0.6 is 43.5 Å². The van der Waals surface area contributed by atoms with Crippen molar-refractivity contribution in [2.75, 3.05) is 5.33 Å². The lowest BCUT2D eigenvalue weighted by Gasteiger charge is -2.00. The zero-order valence-corrected chi connectivity index (χ0v) is 10.6. The molecule has 1 nitrogen and oxygen atoms in total. The van der Waals surface area contributed by atoms with Gasteiger partial charge >= 0.3 is 0 Å². The second-order valence-electron chi connectivity index (χ2n) is 2.60. The van der Waals surface area contributed by atoms with Gasteiger partial charge in [-0.05, 0) is 33.6 Å². The molecule has 1 aromatic carbocycles. The summed E-state index contributed by atoms with van der Waals surface area (Å²) in [4.78, 5) is 11.1. The van der Waals surface area contributed by atoms with Crippen molar-refractivity contribution in [2.45, 2.75) is 6.42 Å². The van der Waals surface area contributed by atoms with Crippen LogP contribution in [0.25, 0.3) is 0 Å². The van der Waals surface area contributed by atoms with Crippen LogP contribution in [0, 0.1) is 0 Å². The maximum absolute atomic E-state index is 11.1. The summed E-state index contributed by atoms with van der Waals surface area (Å²) in [6.07, 6.45) is 0.429. The lowest BCUT2D eigenvalue weighted by Crippen LogP contribution is -2.03. The van der Waals surface area contributed by atoms with Crippen LogP contribution in [-0.2, 0) is 11.2 Å². The molecule has 0 radical (unpaired) electrons. The molecule has 0 aliphatic heterocycles. The number of hydrogen-bond donors (Lipinski definition) is 0. The maximum Gasteiger partial charge on any atom is 0.147 e. The number of Topliss-reactive ketones (excluding diaryl/α,β-unsaturated/α-hetero) is 1. The zero-order chi connectivity index (χ0) is 9.84. The molecule has 1 rings (SSSR count). The summed E-state index contributed by atoms with van der Waals surface area (Å²) in [5.41, 5.74) is 0.942. The molecule has 1 aromatic rings. The maximum atomic E-state index is 11.1. The summed E-state index contributed by atoms with van der Waals surface area (Å²) >= 11 is 12.3. The first-order valence-electron chi connectivity index (χ1n) is 3.65. The highest BCUT2D eigenvalue weighted by atomic mass is 79.9. The Hall–Kier alpha value is 0.140.